The number of hydrogen-bond acceptors (Lipinski definition) is 7. The van der Waals surface area contributed by atoms with Crippen molar-refractivity contribution < 1.29 is 28.6 Å². The predicted molar refractivity (Wildman–Crippen MR) is 115 cm³/mol. The second-order valence-corrected chi connectivity index (χ2v) is 6.27. The number of ether oxygens (including phenoxy) is 3. The third kappa shape index (κ3) is 7.52. The normalized spacial score (nSPS) is 9.81. The molecule has 0 bridgehead atoms. The zero-order valence-corrected chi connectivity index (χ0v) is 17.8. The number of guanidine groups is 1. The van der Waals surface area contributed by atoms with E-state index < -0.39 is 12.2 Å². The van der Waals surface area contributed by atoms with E-state index >= 15 is 0 Å². The number of carbonyl (C=O) groups is 3. The highest BCUT2D eigenvalue weighted by atomic mass is 35.5. The molecule has 3 amide bonds. The van der Waals surface area contributed by atoms with Crippen molar-refractivity contribution in [1.82, 2.24) is 10.6 Å². The van der Waals surface area contributed by atoms with Gasteiger partial charge in [-0.3, -0.25) is 15.4 Å². The SMILES string of the molecule is CCC(=O)Nc1cc(Oc2ccc(Cl)cc2)ccc1N=C(NC(=O)OC)NC(=O)OC. The Hall–Kier alpha value is -3.79. The number of rotatable bonds is 5. The van der Waals surface area contributed by atoms with Crippen LogP contribution in [0.25, 0.3) is 0 Å². The van der Waals surface area contributed by atoms with E-state index in [9.17, 15) is 14.4 Å². The Morgan fingerprint density at radius 3 is 2.06 bits per heavy atom. The average Bonchev–Trinajstić information content (AvgIpc) is 2.76. The molecular weight excluding hydrogens is 428 g/mol. The lowest BCUT2D eigenvalue weighted by molar-refractivity contribution is -0.115. The van der Waals surface area contributed by atoms with Crippen LogP contribution >= 0.6 is 11.6 Å². The maximum Gasteiger partial charge on any atom is 0.413 e. The van der Waals surface area contributed by atoms with Crippen molar-refractivity contribution in [3.8, 4) is 11.5 Å². The number of nitrogens with one attached hydrogen (secondary N) is 3. The van der Waals surface area contributed by atoms with Crippen molar-refractivity contribution in [2.75, 3.05) is 19.5 Å². The van der Waals surface area contributed by atoms with Gasteiger partial charge in [0.25, 0.3) is 0 Å². The topological polar surface area (TPSA) is 127 Å². The monoisotopic (exact) mass is 448 g/mol. The number of amides is 3. The fourth-order valence-corrected chi connectivity index (χ4v) is 2.28. The van der Waals surface area contributed by atoms with Gasteiger partial charge in [-0.05, 0) is 36.4 Å². The van der Waals surface area contributed by atoms with Crippen molar-refractivity contribution in [2.24, 2.45) is 4.99 Å². The quantitative estimate of drug-likeness (QED) is 0.465. The molecule has 0 fully saturated rings. The lowest BCUT2D eigenvalue weighted by Crippen LogP contribution is -2.43. The first-order valence-electron chi connectivity index (χ1n) is 9.00. The van der Waals surface area contributed by atoms with Crippen LogP contribution in [0.4, 0.5) is 21.0 Å². The largest absolute Gasteiger partial charge is 0.457 e. The molecule has 3 N–H and O–H groups in total. The molecule has 0 saturated heterocycles. The van der Waals surface area contributed by atoms with E-state index in [2.05, 4.69) is 30.4 Å². The van der Waals surface area contributed by atoms with Crippen molar-refractivity contribution in [3.63, 3.8) is 0 Å². The third-order valence-corrected chi connectivity index (χ3v) is 3.91. The molecule has 0 heterocycles. The van der Waals surface area contributed by atoms with Crippen molar-refractivity contribution in [3.05, 3.63) is 47.5 Å². The van der Waals surface area contributed by atoms with E-state index in [4.69, 9.17) is 16.3 Å². The molecule has 0 aliphatic heterocycles. The maximum atomic E-state index is 12.0. The van der Waals surface area contributed by atoms with E-state index in [-0.39, 0.29) is 29.7 Å². The average molecular weight is 449 g/mol. The molecule has 31 heavy (non-hydrogen) atoms. The highest BCUT2D eigenvalue weighted by Gasteiger charge is 2.14. The zero-order valence-electron chi connectivity index (χ0n) is 17.0. The Kier molecular flexibility index (Phi) is 8.64. The molecule has 0 atom stereocenters. The fourth-order valence-electron chi connectivity index (χ4n) is 2.16. The minimum atomic E-state index is -0.864. The van der Waals surface area contributed by atoms with Gasteiger partial charge in [0.1, 0.15) is 11.5 Å². The van der Waals surface area contributed by atoms with Gasteiger partial charge >= 0.3 is 12.2 Å². The van der Waals surface area contributed by atoms with Gasteiger partial charge in [-0.25, -0.2) is 14.6 Å². The number of carbonyl (C=O) groups excluding carboxylic acids is 3. The molecule has 0 unspecified atom stereocenters. The highest BCUT2D eigenvalue weighted by Crippen LogP contribution is 2.32. The van der Waals surface area contributed by atoms with Gasteiger partial charge in [-0.2, -0.15) is 0 Å². The standard InChI is InChI=1S/C20H21ClN4O6/c1-4-17(26)22-16-11-14(31-13-7-5-12(21)6-8-13)9-10-15(16)23-18(24-19(27)29-2)25-20(28)30-3/h5-11H,4H2,1-3H3,(H,22,26)(H2,23,24,25,27,28). The van der Waals surface area contributed by atoms with Gasteiger partial charge in [0.15, 0.2) is 0 Å². The number of halogens is 1. The summed E-state index contributed by atoms with van der Waals surface area (Å²) in [5.41, 5.74) is 0.516. The van der Waals surface area contributed by atoms with Gasteiger partial charge in [0.2, 0.25) is 11.9 Å². The summed E-state index contributed by atoms with van der Waals surface area (Å²) in [6.07, 6.45) is -1.51. The number of anilines is 1. The molecule has 0 aromatic heterocycles. The Labute approximate surface area is 183 Å². The van der Waals surface area contributed by atoms with Crippen LogP contribution in [-0.4, -0.2) is 38.3 Å². The van der Waals surface area contributed by atoms with Crippen molar-refractivity contribution in [2.45, 2.75) is 13.3 Å². The number of benzene rings is 2. The Bertz CT molecular complexity index is 958. The summed E-state index contributed by atoms with van der Waals surface area (Å²) in [4.78, 5) is 39.3. The summed E-state index contributed by atoms with van der Waals surface area (Å²) in [6, 6.07) is 11.4. The molecular formula is C20H21ClN4O6. The molecule has 11 heteroatoms. The van der Waals surface area contributed by atoms with Gasteiger partial charge < -0.3 is 19.5 Å². The minimum absolute atomic E-state index is 0.221. The van der Waals surface area contributed by atoms with Crippen LogP contribution in [0.15, 0.2) is 47.5 Å². The van der Waals surface area contributed by atoms with E-state index in [0.717, 1.165) is 14.2 Å². The molecule has 0 radical (unpaired) electrons. The smallest absolute Gasteiger partial charge is 0.413 e. The maximum absolute atomic E-state index is 12.0. The first-order chi connectivity index (χ1) is 14.8. The van der Waals surface area contributed by atoms with Crippen LogP contribution in [0.1, 0.15) is 13.3 Å². The molecule has 0 saturated carbocycles. The number of methoxy groups -OCH3 is 2. The summed E-state index contributed by atoms with van der Waals surface area (Å²) in [7, 11) is 2.31. The number of aliphatic imine (C=N–C) groups is 1. The summed E-state index contributed by atoms with van der Waals surface area (Å²) in [6.45, 7) is 1.69. The van der Waals surface area contributed by atoms with Gasteiger partial charge in [0, 0.05) is 17.5 Å². The molecule has 2 rings (SSSR count). The highest BCUT2D eigenvalue weighted by molar-refractivity contribution is 6.30. The summed E-state index contributed by atoms with van der Waals surface area (Å²) < 4.78 is 14.8. The summed E-state index contributed by atoms with van der Waals surface area (Å²) in [5, 5.41) is 7.78. The number of hydrogen-bond donors (Lipinski definition) is 3. The van der Waals surface area contributed by atoms with E-state index in [1.165, 1.54) is 6.07 Å². The summed E-state index contributed by atoms with van der Waals surface area (Å²) in [5.74, 6) is 0.408. The molecule has 164 valence electrons. The van der Waals surface area contributed by atoms with Gasteiger partial charge in [-0.15, -0.1) is 0 Å². The van der Waals surface area contributed by atoms with Crippen LogP contribution in [0.5, 0.6) is 11.5 Å². The van der Waals surface area contributed by atoms with Crippen molar-refractivity contribution >= 4 is 47.0 Å². The molecule has 10 nitrogen and oxygen atoms in total. The lowest BCUT2D eigenvalue weighted by atomic mass is 10.2. The van der Waals surface area contributed by atoms with E-state index in [1.54, 1.807) is 43.3 Å². The predicted octanol–water partition coefficient (Wildman–Crippen LogP) is 4.18. The molecule has 2 aromatic rings. The zero-order chi connectivity index (χ0) is 22.8. The number of nitrogens with zero attached hydrogens (tertiary/aromatic N) is 1. The first kappa shape index (κ1) is 23.5. The van der Waals surface area contributed by atoms with Gasteiger partial charge in [-0.1, -0.05) is 18.5 Å². The summed E-state index contributed by atoms with van der Waals surface area (Å²) >= 11 is 5.88. The molecule has 0 spiro atoms. The van der Waals surface area contributed by atoms with E-state index in [1.807, 2.05) is 0 Å². The Morgan fingerprint density at radius 1 is 0.935 bits per heavy atom. The van der Waals surface area contributed by atoms with Crippen LogP contribution in [0.3, 0.4) is 0 Å². The van der Waals surface area contributed by atoms with Gasteiger partial charge in [0.05, 0.1) is 25.6 Å². The van der Waals surface area contributed by atoms with Crippen LogP contribution < -0.4 is 20.7 Å². The lowest BCUT2D eigenvalue weighted by Gasteiger charge is -2.13. The molecule has 0 aliphatic rings. The fraction of sp³-hybridized carbons (Fsp3) is 0.200. The second-order valence-electron chi connectivity index (χ2n) is 5.83. The van der Waals surface area contributed by atoms with Crippen LogP contribution in [0.2, 0.25) is 5.02 Å². The second kappa shape index (κ2) is 11.4. The minimum Gasteiger partial charge on any atom is -0.457 e. The molecule has 0 aliphatic carbocycles. The third-order valence-electron chi connectivity index (χ3n) is 3.66. The van der Waals surface area contributed by atoms with Crippen molar-refractivity contribution in [1.29, 1.82) is 0 Å². The van der Waals surface area contributed by atoms with E-state index in [0.29, 0.717) is 16.5 Å². The number of alkyl carbamates (subject to hydrolysis) is 2. The molecule has 2 aromatic carbocycles. The Morgan fingerprint density at radius 2 is 1.52 bits per heavy atom. The Balaban J connectivity index is 2.40. The van der Waals surface area contributed by atoms with Crippen LogP contribution in [-0.2, 0) is 14.3 Å². The first-order valence-corrected chi connectivity index (χ1v) is 9.38. The van der Waals surface area contributed by atoms with Crippen LogP contribution in [0, 0.1) is 0 Å².